The maximum Gasteiger partial charge on any atom is 0.253 e. The summed E-state index contributed by atoms with van der Waals surface area (Å²) < 4.78 is 1.60. The van der Waals surface area contributed by atoms with E-state index in [1.54, 1.807) is 23.0 Å². The zero-order valence-corrected chi connectivity index (χ0v) is 14.0. The van der Waals surface area contributed by atoms with E-state index in [2.05, 4.69) is 20.4 Å². The number of thioether (sulfide) groups is 1. The number of carbonyl (C=O) groups excluding carboxylic acids is 1. The minimum absolute atomic E-state index is 0.0702. The van der Waals surface area contributed by atoms with Gasteiger partial charge in [-0.1, -0.05) is 30.0 Å². The molecule has 2 aromatic heterocycles. The molecule has 3 aromatic rings. The van der Waals surface area contributed by atoms with Crippen molar-refractivity contribution < 1.29 is 4.79 Å². The minimum Gasteiger partial charge on any atom is -0.325 e. The first-order valence-electron chi connectivity index (χ1n) is 7.26. The molecule has 0 bridgehead atoms. The first kappa shape index (κ1) is 15.5. The van der Waals surface area contributed by atoms with Crippen LogP contribution in [0.2, 0.25) is 0 Å². The summed E-state index contributed by atoms with van der Waals surface area (Å²) in [5, 5.41) is 7.52. The third-order valence-corrected chi connectivity index (χ3v) is 4.43. The summed E-state index contributed by atoms with van der Waals surface area (Å²) in [7, 11) is 0. The van der Waals surface area contributed by atoms with Crippen molar-refractivity contribution in [1.82, 2.24) is 19.6 Å². The van der Waals surface area contributed by atoms with Crippen molar-refractivity contribution in [2.24, 2.45) is 0 Å². The largest absolute Gasteiger partial charge is 0.325 e. The van der Waals surface area contributed by atoms with Crippen LogP contribution in [-0.2, 0) is 4.79 Å². The molecular formula is C16H17N5OS. The molecule has 7 heteroatoms. The fourth-order valence-electron chi connectivity index (χ4n) is 2.21. The number of aromatic nitrogens is 4. The molecule has 0 spiro atoms. The van der Waals surface area contributed by atoms with Crippen LogP contribution in [0.1, 0.15) is 18.1 Å². The highest BCUT2D eigenvalue weighted by atomic mass is 32.2. The third kappa shape index (κ3) is 3.34. The summed E-state index contributed by atoms with van der Waals surface area (Å²) in [6, 6.07) is 7.73. The summed E-state index contributed by atoms with van der Waals surface area (Å²) >= 11 is 1.31. The molecule has 1 atom stereocenters. The number of aryl methyl sites for hydroxylation is 2. The Labute approximate surface area is 138 Å². The maximum absolute atomic E-state index is 12.4. The van der Waals surface area contributed by atoms with E-state index < -0.39 is 0 Å². The van der Waals surface area contributed by atoms with Crippen LogP contribution in [0.3, 0.4) is 0 Å². The lowest BCUT2D eigenvalue weighted by molar-refractivity contribution is -0.115. The average molecular weight is 327 g/mol. The first-order chi connectivity index (χ1) is 11.0. The van der Waals surface area contributed by atoms with Crippen LogP contribution in [-0.4, -0.2) is 30.7 Å². The van der Waals surface area contributed by atoms with E-state index >= 15 is 0 Å². The molecule has 1 N–H and O–H groups in total. The molecule has 0 aliphatic carbocycles. The second-order valence-electron chi connectivity index (χ2n) is 5.27. The monoisotopic (exact) mass is 327 g/mol. The van der Waals surface area contributed by atoms with Gasteiger partial charge in [0.05, 0.1) is 5.25 Å². The van der Waals surface area contributed by atoms with Crippen molar-refractivity contribution in [3.63, 3.8) is 0 Å². The molecular weight excluding hydrogens is 310 g/mol. The van der Waals surface area contributed by atoms with E-state index in [9.17, 15) is 4.79 Å². The number of fused-ring (bicyclic) bond motifs is 1. The summed E-state index contributed by atoms with van der Waals surface area (Å²) in [4.78, 5) is 20.8. The molecule has 0 fully saturated rings. The molecule has 0 aliphatic heterocycles. The topological polar surface area (TPSA) is 72.2 Å². The average Bonchev–Trinajstić information content (AvgIpc) is 2.93. The number of amides is 1. The number of benzene rings is 1. The van der Waals surface area contributed by atoms with Crippen LogP contribution in [0.25, 0.3) is 5.78 Å². The van der Waals surface area contributed by atoms with Crippen molar-refractivity contribution in [2.75, 3.05) is 5.32 Å². The molecule has 23 heavy (non-hydrogen) atoms. The lowest BCUT2D eigenvalue weighted by Crippen LogP contribution is -2.23. The van der Waals surface area contributed by atoms with Gasteiger partial charge in [-0.25, -0.2) is 9.50 Å². The second-order valence-corrected chi connectivity index (χ2v) is 6.58. The Balaban J connectivity index is 1.72. The molecule has 6 nitrogen and oxygen atoms in total. The van der Waals surface area contributed by atoms with E-state index in [0.29, 0.717) is 10.9 Å². The highest BCUT2D eigenvalue weighted by molar-refractivity contribution is 8.00. The van der Waals surface area contributed by atoms with Gasteiger partial charge in [-0.3, -0.25) is 4.79 Å². The van der Waals surface area contributed by atoms with Crippen LogP contribution in [0.15, 0.2) is 41.8 Å². The molecule has 1 unspecified atom stereocenters. The van der Waals surface area contributed by atoms with Crippen LogP contribution in [0.4, 0.5) is 5.69 Å². The van der Waals surface area contributed by atoms with Gasteiger partial charge in [0, 0.05) is 18.1 Å². The number of para-hydroxylation sites is 1. The van der Waals surface area contributed by atoms with Crippen molar-refractivity contribution >= 4 is 29.1 Å². The Morgan fingerprint density at radius 2 is 2.00 bits per heavy atom. The predicted molar refractivity (Wildman–Crippen MR) is 90.6 cm³/mol. The summed E-state index contributed by atoms with van der Waals surface area (Å²) in [6.07, 6.45) is 3.44. The zero-order chi connectivity index (χ0) is 16.4. The number of hydrogen-bond acceptors (Lipinski definition) is 5. The second kappa shape index (κ2) is 6.37. The van der Waals surface area contributed by atoms with E-state index in [4.69, 9.17) is 0 Å². The number of carbonyl (C=O) groups is 1. The van der Waals surface area contributed by atoms with Gasteiger partial charge in [0.25, 0.3) is 5.78 Å². The molecule has 1 amide bonds. The number of nitrogens with zero attached hydrogens (tertiary/aromatic N) is 4. The van der Waals surface area contributed by atoms with Crippen molar-refractivity contribution in [3.8, 4) is 0 Å². The van der Waals surface area contributed by atoms with E-state index in [1.165, 1.54) is 11.8 Å². The van der Waals surface area contributed by atoms with Gasteiger partial charge in [-0.05, 0) is 38.0 Å². The lowest BCUT2D eigenvalue weighted by atomic mass is 10.1. The Bertz CT molecular complexity index is 807. The van der Waals surface area contributed by atoms with Crippen LogP contribution in [0, 0.1) is 13.8 Å². The van der Waals surface area contributed by atoms with Crippen LogP contribution < -0.4 is 5.32 Å². The molecule has 0 radical (unpaired) electrons. The van der Waals surface area contributed by atoms with Gasteiger partial charge in [0.1, 0.15) is 0 Å². The van der Waals surface area contributed by atoms with Crippen molar-refractivity contribution in [1.29, 1.82) is 0 Å². The highest BCUT2D eigenvalue weighted by Gasteiger charge is 2.18. The number of rotatable bonds is 4. The Morgan fingerprint density at radius 1 is 1.26 bits per heavy atom. The van der Waals surface area contributed by atoms with Gasteiger partial charge in [-0.2, -0.15) is 4.98 Å². The fraction of sp³-hybridized carbons (Fsp3) is 0.250. The number of nitrogens with one attached hydrogen (secondary N) is 1. The van der Waals surface area contributed by atoms with Gasteiger partial charge < -0.3 is 5.32 Å². The summed E-state index contributed by atoms with van der Waals surface area (Å²) in [5.74, 6) is 0.455. The molecule has 0 saturated carbocycles. The highest BCUT2D eigenvalue weighted by Crippen LogP contribution is 2.24. The lowest BCUT2D eigenvalue weighted by Gasteiger charge is -2.14. The van der Waals surface area contributed by atoms with Crippen molar-refractivity contribution in [2.45, 2.75) is 31.2 Å². The summed E-state index contributed by atoms with van der Waals surface area (Å²) in [5.41, 5.74) is 2.96. The van der Waals surface area contributed by atoms with E-state index in [-0.39, 0.29) is 11.2 Å². The molecule has 118 valence electrons. The maximum atomic E-state index is 12.4. The zero-order valence-electron chi connectivity index (χ0n) is 13.1. The first-order valence-corrected chi connectivity index (χ1v) is 8.13. The molecule has 2 heterocycles. The minimum atomic E-state index is -0.314. The molecule has 0 aliphatic rings. The smallest absolute Gasteiger partial charge is 0.253 e. The van der Waals surface area contributed by atoms with Crippen LogP contribution >= 0.6 is 11.8 Å². The Kier molecular flexibility index (Phi) is 4.29. The fourth-order valence-corrected chi connectivity index (χ4v) is 2.96. The van der Waals surface area contributed by atoms with Gasteiger partial charge in [0.2, 0.25) is 11.1 Å². The normalized spacial score (nSPS) is 12.3. The molecule has 3 rings (SSSR count). The SMILES string of the molecule is Cc1cccc(C)c1NC(=O)C(C)Sc1nc2ncccn2n1. The number of anilines is 1. The predicted octanol–water partition coefficient (Wildman–Crippen LogP) is 2.86. The number of hydrogen-bond donors (Lipinski definition) is 1. The Morgan fingerprint density at radius 3 is 2.70 bits per heavy atom. The summed E-state index contributed by atoms with van der Waals surface area (Å²) in [6.45, 7) is 5.80. The third-order valence-electron chi connectivity index (χ3n) is 3.48. The van der Waals surface area contributed by atoms with Gasteiger partial charge in [-0.15, -0.1) is 5.10 Å². The van der Waals surface area contributed by atoms with Gasteiger partial charge in [0.15, 0.2) is 0 Å². The van der Waals surface area contributed by atoms with E-state index in [1.807, 2.05) is 39.0 Å². The van der Waals surface area contributed by atoms with Gasteiger partial charge >= 0.3 is 0 Å². The van der Waals surface area contributed by atoms with E-state index in [0.717, 1.165) is 16.8 Å². The quantitative estimate of drug-likeness (QED) is 0.746. The van der Waals surface area contributed by atoms with Crippen LogP contribution in [0.5, 0.6) is 0 Å². The molecule has 0 saturated heterocycles. The molecule has 1 aromatic carbocycles. The standard InChI is InChI=1S/C16H17N5OS/c1-10-6-4-7-11(2)13(10)18-14(22)12(3)23-16-19-15-17-8-5-9-21(15)20-16/h4-9,12H,1-3H3,(H,18,22). The Hall–Kier alpha value is -2.41. The van der Waals surface area contributed by atoms with Crippen molar-refractivity contribution in [3.05, 3.63) is 47.8 Å².